The first-order valence-corrected chi connectivity index (χ1v) is 6.94. The lowest BCUT2D eigenvalue weighted by Crippen LogP contribution is -2.56. The Morgan fingerprint density at radius 2 is 2.17 bits per heavy atom. The van der Waals surface area contributed by atoms with Crippen molar-refractivity contribution >= 4 is 23.3 Å². The number of nitrogens with one attached hydrogen (secondary N) is 2. The van der Waals surface area contributed by atoms with E-state index in [9.17, 15) is 9.59 Å². The van der Waals surface area contributed by atoms with Crippen molar-refractivity contribution in [1.82, 2.24) is 4.98 Å². The highest BCUT2D eigenvalue weighted by atomic mass is 16.5. The van der Waals surface area contributed by atoms with Crippen LogP contribution in [0.5, 0.6) is 11.5 Å². The molecule has 7 nitrogen and oxygen atoms in total. The Morgan fingerprint density at radius 3 is 2.96 bits per heavy atom. The zero-order valence-electron chi connectivity index (χ0n) is 12.6. The SMILES string of the molecule is COc1cccc(NC(=O)[C@@]2(C)Oc3cccnc3NC2=O)c1. The summed E-state index contributed by atoms with van der Waals surface area (Å²) in [7, 11) is 1.53. The molecule has 1 atom stereocenters. The molecule has 1 aromatic heterocycles. The van der Waals surface area contributed by atoms with Crippen molar-refractivity contribution in [2.24, 2.45) is 0 Å². The third-order valence-electron chi connectivity index (χ3n) is 3.51. The molecule has 1 aromatic carbocycles. The minimum absolute atomic E-state index is 0.296. The molecule has 3 rings (SSSR count). The molecule has 1 aliphatic rings. The average Bonchev–Trinajstić information content (AvgIpc) is 2.56. The van der Waals surface area contributed by atoms with E-state index in [1.165, 1.54) is 20.2 Å². The van der Waals surface area contributed by atoms with E-state index in [2.05, 4.69) is 15.6 Å². The van der Waals surface area contributed by atoms with Crippen LogP contribution in [0.1, 0.15) is 6.92 Å². The predicted molar refractivity (Wildman–Crippen MR) is 83.5 cm³/mol. The zero-order chi connectivity index (χ0) is 16.4. The first kappa shape index (κ1) is 14.8. The minimum atomic E-state index is -1.70. The molecule has 7 heteroatoms. The summed E-state index contributed by atoms with van der Waals surface area (Å²) in [5.74, 6) is 0.0675. The summed E-state index contributed by atoms with van der Waals surface area (Å²) in [6.07, 6.45) is 1.53. The van der Waals surface area contributed by atoms with E-state index in [0.29, 0.717) is 23.0 Å². The first-order valence-electron chi connectivity index (χ1n) is 6.94. The highest BCUT2D eigenvalue weighted by Crippen LogP contribution is 2.32. The van der Waals surface area contributed by atoms with Gasteiger partial charge in [-0.2, -0.15) is 0 Å². The van der Waals surface area contributed by atoms with E-state index >= 15 is 0 Å². The molecule has 118 valence electrons. The molecule has 0 fully saturated rings. The molecular weight excluding hydrogens is 298 g/mol. The Balaban J connectivity index is 1.85. The lowest BCUT2D eigenvalue weighted by molar-refractivity contribution is -0.143. The molecule has 2 amide bonds. The summed E-state index contributed by atoms with van der Waals surface area (Å²) in [4.78, 5) is 28.8. The van der Waals surface area contributed by atoms with Gasteiger partial charge in [0.1, 0.15) is 5.75 Å². The number of anilines is 2. The monoisotopic (exact) mass is 313 g/mol. The molecular formula is C16H15N3O4. The van der Waals surface area contributed by atoms with E-state index in [4.69, 9.17) is 9.47 Å². The largest absolute Gasteiger partial charge is 0.497 e. The van der Waals surface area contributed by atoms with Crippen LogP contribution in [0.25, 0.3) is 0 Å². The van der Waals surface area contributed by atoms with Crippen LogP contribution in [-0.2, 0) is 9.59 Å². The maximum atomic E-state index is 12.6. The number of methoxy groups -OCH3 is 1. The molecule has 0 saturated carbocycles. The van der Waals surface area contributed by atoms with E-state index in [-0.39, 0.29) is 0 Å². The number of carbonyl (C=O) groups is 2. The molecule has 0 aliphatic carbocycles. The van der Waals surface area contributed by atoms with E-state index in [0.717, 1.165) is 0 Å². The van der Waals surface area contributed by atoms with Crippen molar-refractivity contribution in [2.75, 3.05) is 17.7 Å². The molecule has 23 heavy (non-hydrogen) atoms. The summed E-state index contributed by atoms with van der Waals surface area (Å²) < 4.78 is 10.7. The van der Waals surface area contributed by atoms with Crippen LogP contribution in [0.2, 0.25) is 0 Å². The molecule has 2 N–H and O–H groups in total. The van der Waals surface area contributed by atoms with Crippen molar-refractivity contribution in [2.45, 2.75) is 12.5 Å². The van der Waals surface area contributed by atoms with Gasteiger partial charge in [-0.3, -0.25) is 9.59 Å². The molecule has 0 bridgehead atoms. The second-order valence-electron chi connectivity index (χ2n) is 5.13. The standard InChI is InChI=1S/C16H15N3O4/c1-16(14(20)18-10-5-3-6-11(9-10)22-2)15(21)19-13-12(23-16)7-4-8-17-13/h3-9H,1-2H3,(H,18,20)(H,17,19,21)/t16-/m1/s1. The summed E-state index contributed by atoms with van der Waals surface area (Å²) in [5, 5.41) is 5.24. The molecule has 2 aromatic rings. The van der Waals surface area contributed by atoms with Gasteiger partial charge in [-0.25, -0.2) is 4.98 Å². The van der Waals surface area contributed by atoms with E-state index in [1.54, 1.807) is 36.4 Å². The highest BCUT2D eigenvalue weighted by Gasteiger charge is 2.47. The van der Waals surface area contributed by atoms with Crippen LogP contribution in [-0.4, -0.2) is 29.5 Å². The fourth-order valence-corrected chi connectivity index (χ4v) is 2.16. The molecule has 0 spiro atoms. The topological polar surface area (TPSA) is 89.6 Å². The second kappa shape index (κ2) is 5.60. The van der Waals surface area contributed by atoms with Gasteiger partial charge in [0.05, 0.1) is 7.11 Å². The normalized spacial score (nSPS) is 19.1. The van der Waals surface area contributed by atoms with Gasteiger partial charge < -0.3 is 20.1 Å². The first-order chi connectivity index (χ1) is 11.0. The van der Waals surface area contributed by atoms with Crippen LogP contribution in [0.4, 0.5) is 11.5 Å². The fourth-order valence-electron chi connectivity index (χ4n) is 2.16. The van der Waals surface area contributed by atoms with E-state index in [1.807, 2.05) is 0 Å². The van der Waals surface area contributed by atoms with Gasteiger partial charge in [0.2, 0.25) is 0 Å². The number of benzene rings is 1. The molecule has 2 heterocycles. The number of carbonyl (C=O) groups excluding carboxylic acids is 2. The number of hydrogen-bond donors (Lipinski definition) is 2. The minimum Gasteiger partial charge on any atom is -0.497 e. The Morgan fingerprint density at radius 1 is 1.35 bits per heavy atom. The quantitative estimate of drug-likeness (QED) is 0.844. The number of hydrogen-bond acceptors (Lipinski definition) is 5. The molecule has 1 aliphatic heterocycles. The Labute approximate surface area is 132 Å². The van der Waals surface area contributed by atoms with Crippen molar-refractivity contribution in [3.05, 3.63) is 42.6 Å². The molecule has 0 saturated heterocycles. The summed E-state index contributed by atoms with van der Waals surface area (Å²) >= 11 is 0. The van der Waals surface area contributed by atoms with Crippen molar-refractivity contribution in [3.8, 4) is 11.5 Å². The average molecular weight is 313 g/mol. The third-order valence-corrected chi connectivity index (χ3v) is 3.51. The van der Waals surface area contributed by atoms with Crippen LogP contribution in [0.3, 0.4) is 0 Å². The smallest absolute Gasteiger partial charge is 0.279 e. The lowest BCUT2D eigenvalue weighted by atomic mass is 10.0. The van der Waals surface area contributed by atoms with Gasteiger partial charge in [0.25, 0.3) is 17.4 Å². The Hall–Kier alpha value is -3.09. The third kappa shape index (κ3) is 2.68. The number of pyridine rings is 1. The van der Waals surface area contributed by atoms with Crippen LogP contribution in [0.15, 0.2) is 42.6 Å². The van der Waals surface area contributed by atoms with Crippen LogP contribution in [0, 0.1) is 0 Å². The highest BCUT2D eigenvalue weighted by molar-refractivity contribution is 6.18. The van der Waals surface area contributed by atoms with Gasteiger partial charge in [-0.1, -0.05) is 6.07 Å². The number of amides is 2. The number of rotatable bonds is 3. The van der Waals surface area contributed by atoms with Gasteiger partial charge in [-0.15, -0.1) is 0 Å². The van der Waals surface area contributed by atoms with Crippen LogP contribution >= 0.6 is 0 Å². The molecule has 0 unspecified atom stereocenters. The van der Waals surface area contributed by atoms with Gasteiger partial charge in [-0.05, 0) is 31.2 Å². The summed E-state index contributed by atoms with van der Waals surface area (Å²) in [6, 6.07) is 10.1. The van der Waals surface area contributed by atoms with Gasteiger partial charge in [0.15, 0.2) is 11.6 Å². The van der Waals surface area contributed by atoms with Gasteiger partial charge in [0, 0.05) is 18.0 Å². The maximum absolute atomic E-state index is 12.6. The van der Waals surface area contributed by atoms with Crippen molar-refractivity contribution in [1.29, 1.82) is 0 Å². The number of nitrogens with zero attached hydrogens (tertiary/aromatic N) is 1. The van der Waals surface area contributed by atoms with E-state index < -0.39 is 17.4 Å². The Bertz CT molecular complexity index is 777. The fraction of sp³-hybridized carbons (Fsp3) is 0.188. The molecule has 0 radical (unpaired) electrons. The summed E-state index contributed by atoms with van der Waals surface area (Å²) in [6.45, 7) is 1.41. The maximum Gasteiger partial charge on any atom is 0.279 e. The van der Waals surface area contributed by atoms with Gasteiger partial charge >= 0.3 is 0 Å². The second-order valence-corrected chi connectivity index (χ2v) is 5.13. The Kier molecular flexibility index (Phi) is 3.61. The number of aromatic nitrogens is 1. The zero-order valence-corrected chi connectivity index (χ0v) is 12.6. The van der Waals surface area contributed by atoms with Crippen molar-refractivity contribution in [3.63, 3.8) is 0 Å². The predicted octanol–water partition coefficient (Wildman–Crippen LogP) is 1.82. The van der Waals surface area contributed by atoms with Crippen molar-refractivity contribution < 1.29 is 19.1 Å². The lowest BCUT2D eigenvalue weighted by Gasteiger charge is -2.32. The van der Waals surface area contributed by atoms with Crippen LogP contribution < -0.4 is 20.1 Å². The number of ether oxygens (including phenoxy) is 2. The summed E-state index contributed by atoms with van der Waals surface area (Å²) in [5.41, 5.74) is -1.19. The number of fused-ring (bicyclic) bond motifs is 1.